The van der Waals surface area contributed by atoms with E-state index in [1.165, 1.54) is 55.7 Å². The topological polar surface area (TPSA) is 76.6 Å². The van der Waals surface area contributed by atoms with Crippen molar-refractivity contribution in [2.45, 2.75) is 76.9 Å². The second-order valence-electron chi connectivity index (χ2n) is 10.4. The number of hydrogen-bond acceptors (Lipinski definition) is 8. The number of nitrogens with one attached hydrogen (secondary N) is 1. The highest BCUT2D eigenvalue weighted by Gasteiger charge is 2.24. The molecule has 1 saturated heterocycles. The zero-order valence-electron chi connectivity index (χ0n) is 22.3. The predicted octanol–water partition coefficient (Wildman–Crippen LogP) is 6.67. The van der Waals surface area contributed by atoms with E-state index in [9.17, 15) is 9.18 Å². The van der Waals surface area contributed by atoms with Gasteiger partial charge in [0, 0.05) is 19.6 Å². The molecule has 3 aromatic rings. The summed E-state index contributed by atoms with van der Waals surface area (Å²) in [6, 6.07) is 4.50. The van der Waals surface area contributed by atoms with E-state index in [1.54, 1.807) is 13.2 Å². The van der Waals surface area contributed by atoms with Crippen LogP contribution in [0.3, 0.4) is 0 Å². The van der Waals surface area contributed by atoms with Crippen LogP contribution < -0.4 is 10.1 Å². The van der Waals surface area contributed by atoms with Crippen molar-refractivity contribution in [1.82, 2.24) is 14.9 Å². The van der Waals surface area contributed by atoms with Gasteiger partial charge in [-0.3, -0.25) is 4.79 Å². The minimum atomic E-state index is -0.353. The average molecular weight is 541 g/mol. The lowest BCUT2D eigenvalue weighted by molar-refractivity contribution is 0.0329. The van der Waals surface area contributed by atoms with Gasteiger partial charge in [0.1, 0.15) is 28.5 Å². The Hall–Kier alpha value is -2.62. The molecule has 2 aromatic heterocycles. The Kier molecular flexibility index (Phi) is 8.86. The summed E-state index contributed by atoms with van der Waals surface area (Å²) in [5.74, 6) is 0.861. The van der Waals surface area contributed by atoms with Crippen LogP contribution in [0.2, 0.25) is 0 Å². The van der Waals surface area contributed by atoms with Crippen LogP contribution in [-0.2, 0) is 4.74 Å². The highest BCUT2D eigenvalue weighted by atomic mass is 32.1. The number of thiophene rings is 1. The maximum Gasteiger partial charge on any atom is 0.173 e. The van der Waals surface area contributed by atoms with Gasteiger partial charge in [-0.2, -0.15) is 0 Å². The molecule has 0 spiro atoms. The van der Waals surface area contributed by atoms with Crippen molar-refractivity contribution in [2.24, 2.45) is 0 Å². The van der Waals surface area contributed by atoms with Crippen molar-refractivity contribution >= 4 is 38.8 Å². The fourth-order valence-corrected chi connectivity index (χ4v) is 6.68. The summed E-state index contributed by atoms with van der Waals surface area (Å²) in [5, 5.41) is 4.18. The number of Topliss-reactive ketones (excluding diaryl/α,β-unsaturated/α-hetero) is 1. The van der Waals surface area contributed by atoms with Crippen molar-refractivity contribution in [3.63, 3.8) is 0 Å². The van der Waals surface area contributed by atoms with Crippen LogP contribution in [0.15, 0.2) is 24.5 Å². The number of ether oxygens (including phenoxy) is 2. The Balaban J connectivity index is 1.30. The number of rotatable bonds is 11. The molecule has 0 atom stereocenters. The number of aryl methyl sites for hydroxylation is 1. The van der Waals surface area contributed by atoms with E-state index in [0.717, 1.165) is 65.7 Å². The van der Waals surface area contributed by atoms with Crippen LogP contribution in [0.4, 0.5) is 15.9 Å². The lowest BCUT2D eigenvalue weighted by Gasteiger charge is -2.28. The largest absolute Gasteiger partial charge is 0.488 e. The number of carbonyl (C=O) groups is 1. The zero-order chi connectivity index (χ0) is 26.5. The molecule has 3 heterocycles. The third kappa shape index (κ3) is 6.33. The van der Waals surface area contributed by atoms with Gasteiger partial charge in [0.25, 0.3) is 0 Å². The first kappa shape index (κ1) is 27.0. The molecule has 1 saturated carbocycles. The molecule has 1 aliphatic heterocycles. The number of aromatic nitrogens is 2. The first-order chi connectivity index (χ1) is 18.5. The Morgan fingerprint density at radius 3 is 2.66 bits per heavy atom. The van der Waals surface area contributed by atoms with E-state index in [4.69, 9.17) is 9.47 Å². The van der Waals surface area contributed by atoms with Crippen LogP contribution >= 0.6 is 11.3 Å². The first-order valence-electron chi connectivity index (χ1n) is 13.8. The number of methoxy groups -OCH3 is 1. The van der Waals surface area contributed by atoms with Crippen LogP contribution in [-0.4, -0.2) is 59.6 Å². The second-order valence-corrected chi connectivity index (χ2v) is 11.4. The molecule has 38 heavy (non-hydrogen) atoms. The number of unbranched alkanes of at least 4 members (excludes halogenated alkanes) is 1. The number of likely N-dealkylation sites (tertiary alicyclic amines) is 1. The molecule has 1 aliphatic carbocycles. The Bertz CT molecular complexity index is 1250. The lowest BCUT2D eigenvalue weighted by atomic mass is 9.95. The molecule has 7 nitrogen and oxygen atoms in total. The maximum absolute atomic E-state index is 14.2. The number of carbonyl (C=O) groups excluding carboxylic acids is 1. The van der Waals surface area contributed by atoms with Gasteiger partial charge >= 0.3 is 0 Å². The standard InChI is InChI=1S/C29H37FN4O3S/c1-19-26-28(33-23-13-8-20(30)17-25(23)37-22-11-9-21(36-2)10-12-22)31-18-32-29(26)38-27(19)24(35)7-3-4-14-34-15-5-6-16-34/h8,13,17-18,21-22H,3-7,9-12,14-16H2,1-2H3,(H,31,32,33). The highest BCUT2D eigenvalue weighted by molar-refractivity contribution is 7.20. The van der Waals surface area contributed by atoms with Crippen molar-refractivity contribution in [2.75, 3.05) is 32.1 Å². The number of fused-ring (bicyclic) bond motifs is 1. The Labute approximate surface area is 227 Å². The maximum atomic E-state index is 14.2. The van der Waals surface area contributed by atoms with Crippen LogP contribution in [0, 0.1) is 12.7 Å². The van der Waals surface area contributed by atoms with Gasteiger partial charge < -0.3 is 19.7 Å². The first-order valence-corrected chi connectivity index (χ1v) is 14.6. The molecule has 0 unspecified atom stereocenters. The van der Waals surface area contributed by atoms with Gasteiger partial charge in [-0.05, 0) is 95.6 Å². The van der Waals surface area contributed by atoms with E-state index in [1.807, 2.05) is 6.92 Å². The normalized spacial score (nSPS) is 20.2. The predicted molar refractivity (Wildman–Crippen MR) is 149 cm³/mol. The third-order valence-corrected chi connectivity index (χ3v) is 8.99. The van der Waals surface area contributed by atoms with Crippen molar-refractivity contribution in [3.8, 4) is 5.75 Å². The number of hydrogen-bond donors (Lipinski definition) is 1. The Morgan fingerprint density at radius 1 is 1.13 bits per heavy atom. The molecule has 9 heteroatoms. The number of nitrogens with zero attached hydrogens (tertiary/aromatic N) is 3. The molecule has 1 N–H and O–H groups in total. The van der Waals surface area contributed by atoms with E-state index in [-0.39, 0.29) is 23.8 Å². The summed E-state index contributed by atoms with van der Waals surface area (Å²) in [7, 11) is 1.74. The smallest absolute Gasteiger partial charge is 0.173 e. The summed E-state index contributed by atoms with van der Waals surface area (Å²) in [4.78, 5) is 26.1. The molecule has 0 radical (unpaired) electrons. The van der Waals surface area contributed by atoms with Gasteiger partial charge in [0.05, 0.1) is 28.2 Å². The second kappa shape index (κ2) is 12.5. The van der Waals surface area contributed by atoms with Crippen LogP contribution in [0.1, 0.15) is 73.0 Å². The number of anilines is 2. The quantitative estimate of drug-likeness (QED) is 0.215. The monoisotopic (exact) mass is 540 g/mol. The van der Waals surface area contributed by atoms with E-state index in [2.05, 4.69) is 20.2 Å². The SMILES string of the molecule is COC1CCC(Oc2cc(F)ccc2Nc2ncnc3sc(C(=O)CCCCN4CCCC4)c(C)c23)CC1. The molecule has 0 amide bonds. The van der Waals surface area contributed by atoms with Gasteiger partial charge in [-0.25, -0.2) is 14.4 Å². The summed E-state index contributed by atoms with van der Waals surface area (Å²) < 4.78 is 25.9. The van der Waals surface area contributed by atoms with Crippen molar-refractivity contribution < 1.29 is 18.7 Å². The lowest BCUT2D eigenvalue weighted by Crippen LogP contribution is -2.27. The van der Waals surface area contributed by atoms with Gasteiger partial charge in [0.2, 0.25) is 0 Å². The Morgan fingerprint density at radius 2 is 1.89 bits per heavy atom. The fraction of sp³-hybridized carbons (Fsp3) is 0.552. The molecule has 2 aliphatic rings. The van der Waals surface area contributed by atoms with Crippen molar-refractivity contribution in [1.29, 1.82) is 0 Å². The van der Waals surface area contributed by atoms with Crippen LogP contribution in [0.5, 0.6) is 5.75 Å². The summed E-state index contributed by atoms with van der Waals surface area (Å²) in [5.41, 5.74) is 1.53. The minimum Gasteiger partial charge on any atom is -0.488 e. The summed E-state index contributed by atoms with van der Waals surface area (Å²) >= 11 is 1.42. The highest BCUT2D eigenvalue weighted by Crippen LogP contribution is 2.38. The summed E-state index contributed by atoms with van der Waals surface area (Å²) in [6.07, 6.45) is 10.4. The van der Waals surface area contributed by atoms with Crippen LogP contribution in [0.25, 0.3) is 10.2 Å². The van der Waals surface area contributed by atoms with Gasteiger partial charge in [-0.1, -0.05) is 0 Å². The van der Waals surface area contributed by atoms with Crippen molar-refractivity contribution in [3.05, 3.63) is 40.8 Å². The molecule has 2 fully saturated rings. The fourth-order valence-electron chi connectivity index (χ4n) is 5.56. The number of halogens is 1. The summed E-state index contributed by atoms with van der Waals surface area (Å²) in [6.45, 7) is 5.41. The van der Waals surface area contributed by atoms with Gasteiger partial charge in [-0.15, -0.1) is 11.3 Å². The van der Waals surface area contributed by atoms with Gasteiger partial charge in [0.15, 0.2) is 5.78 Å². The molecule has 1 aromatic carbocycles. The van der Waals surface area contributed by atoms with E-state index < -0.39 is 0 Å². The third-order valence-electron chi connectivity index (χ3n) is 7.75. The van der Waals surface area contributed by atoms with E-state index in [0.29, 0.717) is 23.7 Å². The molecule has 0 bridgehead atoms. The number of benzene rings is 1. The minimum absolute atomic E-state index is 0.00625. The zero-order valence-corrected chi connectivity index (χ0v) is 23.1. The molecule has 204 valence electrons. The van der Waals surface area contributed by atoms with E-state index >= 15 is 0 Å². The molecular formula is C29H37FN4O3S. The average Bonchev–Trinajstić information content (AvgIpc) is 3.57. The molecular weight excluding hydrogens is 503 g/mol. The number of ketones is 1. The molecule has 5 rings (SSSR count).